The zero-order valence-electron chi connectivity index (χ0n) is 13.1. The van der Waals surface area contributed by atoms with Crippen molar-refractivity contribution in [1.29, 1.82) is 0 Å². The van der Waals surface area contributed by atoms with E-state index in [0.717, 1.165) is 0 Å². The first-order chi connectivity index (χ1) is 11.6. The van der Waals surface area contributed by atoms with E-state index in [9.17, 15) is 14.3 Å². The number of benzene rings is 2. The number of hydrogen-bond donors (Lipinski definition) is 2. The molecular formula is C18H19FN2O3. The molecule has 1 saturated heterocycles. The number of hydrogen-bond acceptors (Lipinski definition) is 4. The Morgan fingerprint density at radius 1 is 1.17 bits per heavy atom. The molecule has 2 aromatic rings. The molecule has 0 radical (unpaired) electrons. The molecule has 5 nitrogen and oxygen atoms in total. The van der Waals surface area contributed by atoms with Crippen molar-refractivity contribution < 1.29 is 19.0 Å². The Labute approximate surface area is 139 Å². The summed E-state index contributed by atoms with van der Waals surface area (Å²) >= 11 is 0. The second-order valence-corrected chi connectivity index (χ2v) is 5.61. The van der Waals surface area contributed by atoms with Crippen LogP contribution in [0.25, 0.3) is 0 Å². The number of rotatable bonds is 4. The number of carbonyl (C=O) groups excluding carboxylic acids is 1. The second kappa shape index (κ2) is 7.42. The number of carbonyl (C=O) groups is 1. The smallest absolute Gasteiger partial charge is 0.246 e. The van der Waals surface area contributed by atoms with Gasteiger partial charge in [-0.3, -0.25) is 9.69 Å². The Morgan fingerprint density at radius 3 is 2.62 bits per heavy atom. The number of ether oxygens (including phenoxy) is 1. The van der Waals surface area contributed by atoms with Crippen molar-refractivity contribution in [2.24, 2.45) is 0 Å². The fourth-order valence-electron chi connectivity index (χ4n) is 2.82. The highest BCUT2D eigenvalue weighted by atomic mass is 19.1. The van der Waals surface area contributed by atoms with Crippen molar-refractivity contribution in [3.63, 3.8) is 0 Å². The minimum Gasteiger partial charge on any atom is -0.506 e. The van der Waals surface area contributed by atoms with Gasteiger partial charge in [0.1, 0.15) is 17.6 Å². The number of phenols is 1. The first-order valence-corrected chi connectivity index (χ1v) is 7.81. The van der Waals surface area contributed by atoms with E-state index in [1.54, 1.807) is 30.3 Å². The molecule has 1 amide bonds. The SMILES string of the molecule is O=C(Nc1ccccc1O)C(c1cccc(F)c1)N1CCOCC1. The Balaban J connectivity index is 1.88. The molecule has 1 heterocycles. The van der Waals surface area contributed by atoms with E-state index in [4.69, 9.17) is 4.74 Å². The molecule has 1 unspecified atom stereocenters. The Hall–Kier alpha value is -2.44. The highest BCUT2D eigenvalue weighted by Crippen LogP contribution is 2.27. The molecule has 0 bridgehead atoms. The summed E-state index contributed by atoms with van der Waals surface area (Å²) in [6.07, 6.45) is 0. The van der Waals surface area contributed by atoms with Gasteiger partial charge in [-0.05, 0) is 29.8 Å². The predicted octanol–water partition coefficient (Wildman–Crippen LogP) is 2.54. The van der Waals surface area contributed by atoms with E-state index < -0.39 is 6.04 Å². The molecule has 2 N–H and O–H groups in total. The molecule has 0 saturated carbocycles. The van der Waals surface area contributed by atoms with Gasteiger partial charge in [0.25, 0.3) is 0 Å². The maximum atomic E-state index is 13.6. The normalized spacial score (nSPS) is 16.5. The summed E-state index contributed by atoms with van der Waals surface area (Å²) in [6, 6.07) is 11.9. The average molecular weight is 330 g/mol. The zero-order chi connectivity index (χ0) is 16.9. The number of nitrogens with zero attached hydrogens (tertiary/aromatic N) is 1. The van der Waals surface area contributed by atoms with Crippen molar-refractivity contribution in [3.05, 3.63) is 59.9 Å². The van der Waals surface area contributed by atoms with Crippen molar-refractivity contribution in [2.45, 2.75) is 6.04 Å². The molecule has 2 aromatic carbocycles. The molecular weight excluding hydrogens is 311 g/mol. The number of amides is 1. The average Bonchev–Trinajstić information content (AvgIpc) is 2.58. The van der Waals surface area contributed by atoms with Crippen LogP contribution in [0, 0.1) is 5.82 Å². The summed E-state index contributed by atoms with van der Waals surface area (Å²) in [6.45, 7) is 2.20. The van der Waals surface area contributed by atoms with E-state index in [1.165, 1.54) is 18.2 Å². The van der Waals surface area contributed by atoms with Gasteiger partial charge >= 0.3 is 0 Å². The quantitative estimate of drug-likeness (QED) is 0.846. The van der Waals surface area contributed by atoms with Crippen LogP contribution in [0.2, 0.25) is 0 Å². The van der Waals surface area contributed by atoms with Gasteiger partial charge in [0, 0.05) is 13.1 Å². The lowest BCUT2D eigenvalue weighted by atomic mass is 10.0. The van der Waals surface area contributed by atoms with Crippen LogP contribution in [0.4, 0.5) is 10.1 Å². The summed E-state index contributed by atoms with van der Waals surface area (Å²) in [5.74, 6) is -0.712. The number of halogens is 1. The molecule has 126 valence electrons. The number of nitrogens with one attached hydrogen (secondary N) is 1. The molecule has 6 heteroatoms. The Kier molecular flexibility index (Phi) is 5.08. The van der Waals surface area contributed by atoms with Gasteiger partial charge in [0.05, 0.1) is 18.9 Å². The van der Waals surface area contributed by atoms with E-state index in [2.05, 4.69) is 5.32 Å². The van der Waals surface area contributed by atoms with Crippen LogP contribution in [0.3, 0.4) is 0 Å². The van der Waals surface area contributed by atoms with E-state index >= 15 is 0 Å². The molecule has 1 aliphatic heterocycles. The summed E-state index contributed by atoms with van der Waals surface area (Å²) < 4.78 is 19.0. The monoisotopic (exact) mass is 330 g/mol. The van der Waals surface area contributed by atoms with Crippen molar-refractivity contribution in [3.8, 4) is 5.75 Å². The summed E-state index contributed by atoms with van der Waals surface area (Å²) in [4.78, 5) is 14.8. The lowest BCUT2D eigenvalue weighted by molar-refractivity contribution is -0.123. The van der Waals surface area contributed by atoms with Gasteiger partial charge in [0.2, 0.25) is 5.91 Å². The molecule has 0 spiro atoms. The fourth-order valence-corrected chi connectivity index (χ4v) is 2.82. The molecule has 0 aromatic heterocycles. The maximum Gasteiger partial charge on any atom is 0.246 e. The maximum absolute atomic E-state index is 13.6. The van der Waals surface area contributed by atoms with Crippen LogP contribution >= 0.6 is 0 Å². The number of morpholine rings is 1. The van der Waals surface area contributed by atoms with Crippen molar-refractivity contribution in [1.82, 2.24) is 4.90 Å². The van der Waals surface area contributed by atoms with Gasteiger partial charge in [-0.1, -0.05) is 24.3 Å². The molecule has 1 aliphatic rings. The molecule has 1 fully saturated rings. The first-order valence-electron chi connectivity index (χ1n) is 7.81. The highest BCUT2D eigenvalue weighted by Gasteiger charge is 2.29. The van der Waals surface area contributed by atoms with Crippen LogP contribution in [0.5, 0.6) is 5.75 Å². The molecule has 3 rings (SSSR count). The highest BCUT2D eigenvalue weighted by molar-refractivity contribution is 5.96. The van der Waals surface area contributed by atoms with Gasteiger partial charge in [-0.25, -0.2) is 4.39 Å². The summed E-state index contributed by atoms with van der Waals surface area (Å²) in [5.41, 5.74) is 0.905. The van der Waals surface area contributed by atoms with Gasteiger partial charge in [0.15, 0.2) is 0 Å². The van der Waals surface area contributed by atoms with E-state index in [-0.39, 0.29) is 17.5 Å². The second-order valence-electron chi connectivity index (χ2n) is 5.61. The number of para-hydroxylation sites is 2. The van der Waals surface area contributed by atoms with Crippen LogP contribution in [0.1, 0.15) is 11.6 Å². The minimum atomic E-state index is -0.649. The molecule has 1 atom stereocenters. The van der Waals surface area contributed by atoms with Crippen LogP contribution < -0.4 is 5.32 Å². The standard InChI is InChI=1S/C18H19FN2O3/c19-14-5-3-4-13(12-14)17(21-8-10-24-11-9-21)18(23)20-15-6-1-2-7-16(15)22/h1-7,12,17,22H,8-11H2,(H,20,23). The minimum absolute atomic E-state index is 0.00850. The first kappa shape index (κ1) is 16.4. The number of anilines is 1. The van der Waals surface area contributed by atoms with Crippen molar-refractivity contribution in [2.75, 3.05) is 31.6 Å². The Morgan fingerprint density at radius 2 is 1.92 bits per heavy atom. The predicted molar refractivity (Wildman–Crippen MR) is 88.3 cm³/mol. The number of aromatic hydroxyl groups is 1. The van der Waals surface area contributed by atoms with Crippen LogP contribution in [0.15, 0.2) is 48.5 Å². The third kappa shape index (κ3) is 3.72. The lowest BCUT2D eigenvalue weighted by Gasteiger charge is -2.33. The third-order valence-corrected chi connectivity index (χ3v) is 3.99. The van der Waals surface area contributed by atoms with E-state index in [1.807, 2.05) is 4.90 Å². The number of phenolic OH excluding ortho intramolecular Hbond substituents is 1. The Bertz CT molecular complexity index is 717. The zero-order valence-corrected chi connectivity index (χ0v) is 13.1. The molecule has 24 heavy (non-hydrogen) atoms. The van der Waals surface area contributed by atoms with E-state index in [0.29, 0.717) is 37.6 Å². The van der Waals surface area contributed by atoms with Gasteiger partial charge < -0.3 is 15.2 Å². The largest absolute Gasteiger partial charge is 0.506 e. The van der Waals surface area contributed by atoms with Crippen LogP contribution in [-0.4, -0.2) is 42.2 Å². The topological polar surface area (TPSA) is 61.8 Å². The van der Waals surface area contributed by atoms with Gasteiger partial charge in [-0.2, -0.15) is 0 Å². The van der Waals surface area contributed by atoms with Crippen molar-refractivity contribution >= 4 is 11.6 Å². The third-order valence-electron chi connectivity index (χ3n) is 3.99. The summed E-state index contributed by atoms with van der Waals surface area (Å²) in [7, 11) is 0. The fraction of sp³-hybridized carbons (Fsp3) is 0.278. The van der Waals surface area contributed by atoms with Gasteiger partial charge in [-0.15, -0.1) is 0 Å². The molecule has 0 aliphatic carbocycles. The summed E-state index contributed by atoms with van der Waals surface area (Å²) in [5, 5.41) is 12.6. The lowest BCUT2D eigenvalue weighted by Crippen LogP contribution is -2.43. The van der Waals surface area contributed by atoms with Crippen LogP contribution in [-0.2, 0) is 9.53 Å².